The SMILES string of the molecule is CC[C@@H](C(=O)NC(C)C)N(Cc1ccc(OC)cc1)C(=O)Cc1ccc(OC)cc1. The van der Waals surface area contributed by atoms with Crippen LogP contribution in [0.4, 0.5) is 0 Å². The van der Waals surface area contributed by atoms with Crippen LogP contribution in [0.25, 0.3) is 0 Å². The number of carbonyl (C=O) groups is 2. The summed E-state index contributed by atoms with van der Waals surface area (Å²) in [6.07, 6.45) is 0.745. The predicted molar refractivity (Wildman–Crippen MR) is 118 cm³/mol. The highest BCUT2D eigenvalue weighted by molar-refractivity contribution is 5.88. The van der Waals surface area contributed by atoms with Crippen LogP contribution in [0, 0.1) is 0 Å². The van der Waals surface area contributed by atoms with Gasteiger partial charge in [0.2, 0.25) is 11.8 Å². The zero-order valence-electron chi connectivity index (χ0n) is 18.5. The van der Waals surface area contributed by atoms with Crippen LogP contribution in [0.1, 0.15) is 38.3 Å². The highest BCUT2D eigenvalue weighted by Crippen LogP contribution is 2.18. The number of hydrogen-bond donors (Lipinski definition) is 1. The fourth-order valence-corrected chi connectivity index (χ4v) is 3.25. The molecule has 0 saturated carbocycles. The lowest BCUT2D eigenvalue weighted by molar-refractivity contribution is -0.141. The molecular weight excluding hydrogens is 380 g/mol. The van der Waals surface area contributed by atoms with Crippen molar-refractivity contribution in [3.8, 4) is 11.5 Å². The maximum Gasteiger partial charge on any atom is 0.243 e. The van der Waals surface area contributed by atoms with Gasteiger partial charge in [-0.15, -0.1) is 0 Å². The van der Waals surface area contributed by atoms with Gasteiger partial charge in [0.25, 0.3) is 0 Å². The first-order chi connectivity index (χ1) is 14.4. The van der Waals surface area contributed by atoms with E-state index < -0.39 is 6.04 Å². The van der Waals surface area contributed by atoms with Gasteiger partial charge in [0.15, 0.2) is 0 Å². The number of ether oxygens (including phenoxy) is 2. The third kappa shape index (κ3) is 6.51. The van der Waals surface area contributed by atoms with E-state index in [2.05, 4.69) is 5.32 Å². The van der Waals surface area contributed by atoms with Crippen LogP contribution in [-0.2, 0) is 22.6 Å². The number of amides is 2. The summed E-state index contributed by atoms with van der Waals surface area (Å²) in [6.45, 7) is 6.10. The van der Waals surface area contributed by atoms with E-state index in [4.69, 9.17) is 9.47 Å². The highest BCUT2D eigenvalue weighted by Gasteiger charge is 2.29. The van der Waals surface area contributed by atoms with Crippen LogP contribution in [0.3, 0.4) is 0 Å². The number of rotatable bonds is 10. The van der Waals surface area contributed by atoms with Crippen molar-refractivity contribution in [3.63, 3.8) is 0 Å². The molecule has 0 radical (unpaired) electrons. The molecule has 2 aromatic rings. The van der Waals surface area contributed by atoms with E-state index in [1.54, 1.807) is 19.1 Å². The lowest BCUT2D eigenvalue weighted by Crippen LogP contribution is -2.50. The predicted octanol–water partition coefficient (Wildman–Crippen LogP) is 3.58. The van der Waals surface area contributed by atoms with Gasteiger partial charge >= 0.3 is 0 Å². The summed E-state index contributed by atoms with van der Waals surface area (Å²) < 4.78 is 10.4. The van der Waals surface area contributed by atoms with Crippen molar-refractivity contribution in [2.45, 2.75) is 52.2 Å². The Bertz CT molecular complexity index is 816. The largest absolute Gasteiger partial charge is 0.497 e. The number of carbonyl (C=O) groups excluding carboxylic acids is 2. The Morgan fingerprint density at radius 3 is 1.83 bits per heavy atom. The summed E-state index contributed by atoms with van der Waals surface area (Å²) in [5.74, 6) is 1.26. The summed E-state index contributed by atoms with van der Waals surface area (Å²) in [6, 6.07) is 14.4. The molecule has 6 heteroatoms. The third-order valence-corrected chi connectivity index (χ3v) is 4.84. The average Bonchev–Trinajstić information content (AvgIpc) is 2.74. The monoisotopic (exact) mass is 412 g/mol. The minimum Gasteiger partial charge on any atom is -0.497 e. The molecule has 2 aromatic carbocycles. The Morgan fingerprint density at radius 1 is 0.900 bits per heavy atom. The van der Waals surface area contributed by atoms with Crippen molar-refractivity contribution in [1.82, 2.24) is 10.2 Å². The van der Waals surface area contributed by atoms with Crippen molar-refractivity contribution in [1.29, 1.82) is 0 Å². The molecule has 0 bridgehead atoms. The van der Waals surface area contributed by atoms with Gasteiger partial charge in [-0.05, 0) is 55.7 Å². The second-order valence-electron chi connectivity index (χ2n) is 7.48. The quantitative estimate of drug-likeness (QED) is 0.648. The highest BCUT2D eigenvalue weighted by atomic mass is 16.5. The van der Waals surface area contributed by atoms with E-state index in [0.717, 1.165) is 22.6 Å². The number of nitrogens with zero attached hydrogens (tertiary/aromatic N) is 1. The van der Waals surface area contributed by atoms with Gasteiger partial charge < -0.3 is 19.7 Å². The van der Waals surface area contributed by atoms with E-state index >= 15 is 0 Å². The maximum absolute atomic E-state index is 13.3. The van der Waals surface area contributed by atoms with Crippen molar-refractivity contribution in [3.05, 3.63) is 59.7 Å². The van der Waals surface area contributed by atoms with Gasteiger partial charge in [-0.3, -0.25) is 9.59 Å². The lowest BCUT2D eigenvalue weighted by atomic mass is 10.1. The number of nitrogens with one attached hydrogen (secondary N) is 1. The van der Waals surface area contributed by atoms with Crippen molar-refractivity contribution in [2.24, 2.45) is 0 Å². The van der Waals surface area contributed by atoms with Crippen LogP contribution < -0.4 is 14.8 Å². The average molecular weight is 413 g/mol. The Balaban J connectivity index is 2.26. The van der Waals surface area contributed by atoms with Crippen LogP contribution in [0.5, 0.6) is 11.5 Å². The first-order valence-electron chi connectivity index (χ1n) is 10.2. The molecule has 0 heterocycles. The molecule has 30 heavy (non-hydrogen) atoms. The zero-order valence-corrected chi connectivity index (χ0v) is 18.5. The summed E-state index contributed by atoms with van der Waals surface area (Å²) in [5, 5.41) is 2.94. The Morgan fingerprint density at radius 2 is 1.40 bits per heavy atom. The van der Waals surface area contributed by atoms with Gasteiger partial charge in [0, 0.05) is 12.6 Å². The van der Waals surface area contributed by atoms with Gasteiger partial charge in [0.05, 0.1) is 20.6 Å². The molecule has 0 fully saturated rings. The van der Waals surface area contributed by atoms with E-state index in [-0.39, 0.29) is 24.3 Å². The molecule has 0 aliphatic rings. The minimum atomic E-state index is -0.541. The molecule has 0 aliphatic carbocycles. The van der Waals surface area contributed by atoms with Gasteiger partial charge in [-0.1, -0.05) is 31.2 Å². The Labute approximate surface area is 179 Å². The van der Waals surface area contributed by atoms with Crippen LogP contribution in [0.2, 0.25) is 0 Å². The van der Waals surface area contributed by atoms with Gasteiger partial charge in [-0.25, -0.2) is 0 Å². The lowest BCUT2D eigenvalue weighted by Gasteiger charge is -2.31. The molecule has 0 spiro atoms. The van der Waals surface area contributed by atoms with Crippen molar-refractivity contribution < 1.29 is 19.1 Å². The fourth-order valence-electron chi connectivity index (χ4n) is 3.25. The summed E-state index contributed by atoms with van der Waals surface area (Å²) >= 11 is 0. The smallest absolute Gasteiger partial charge is 0.243 e. The fraction of sp³-hybridized carbons (Fsp3) is 0.417. The Hall–Kier alpha value is -3.02. The van der Waals surface area contributed by atoms with Crippen molar-refractivity contribution in [2.75, 3.05) is 14.2 Å². The second kappa shape index (κ2) is 11.2. The normalized spacial score (nSPS) is 11.7. The zero-order chi connectivity index (χ0) is 22.1. The van der Waals surface area contributed by atoms with Crippen LogP contribution in [0.15, 0.2) is 48.5 Å². The molecule has 0 saturated heterocycles. The molecule has 2 amide bonds. The van der Waals surface area contributed by atoms with Crippen molar-refractivity contribution >= 4 is 11.8 Å². The molecule has 1 N–H and O–H groups in total. The molecule has 6 nitrogen and oxygen atoms in total. The van der Waals surface area contributed by atoms with E-state index in [9.17, 15) is 9.59 Å². The van der Waals surface area contributed by atoms with Crippen LogP contribution in [-0.4, -0.2) is 43.0 Å². The first-order valence-corrected chi connectivity index (χ1v) is 10.2. The van der Waals surface area contributed by atoms with Gasteiger partial charge in [0.1, 0.15) is 17.5 Å². The standard InChI is InChI=1S/C24H32N2O4/c1-6-22(24(28)25-17(2)3)26(16-19-9-13-21(30-5)14-10-19)23(27)15-18-7-11-20(29-4)12-8-18/h7-14,17,22H,6,15-16H2,1-5H3,(H,25,28)/t22-/m0/s1. The molecule has 1 atom stereocenters. The summed E-state index contributed by atoms with van der Waals surface area (Å²) in [7, 11) is 3.22. The van der Waals surface area contributed by atoms with Crippen LogP contribution >= 0.6 is 0 Å². The Kier molecular flexibility index (Phi) is 8.71. The molecule has 0 aliphatic heterocycles. The number of hydrogen-bond acceptors (Lipinski definition) is 4. The molecule has 0 aromatic heterocycles. The minimum absolute atomic E-state index is 0.00563. The van der Waals surface area contributed by atoms with E-state index in [0.29, 0.717) is 13.0 Å². The third-order valence-electron chi connectivity index (χ3n) is 4.84. The topological polar surface area (TPSA) is 67.9 Å². The molecule has 2 rings (SSSR count). The number of methoxy groups -OCH3 is 2. The maximum atomic E-state index is 13.3. The van der Waals surface area contributed by atoms with E-state index in [1.807, 2.05) is 69.3 Å². The molecule has 162 valence electrons. The second-order valence-corrected chi connectivity index (χ2v) is 7.48. The summed E-state index contributed by atoms with van der Waals surface area (Å²) in [5.41, 5.74) is 1.81. The van der Waals surface area contributed by atoms with Gasteiger partial charge in [-0.2, -0.15) is 0 Å². The molecule has 0 unspecified atom stereocenters. The first kappa shape index (κ1) is 23.3. The number of benzene rings is 2. The molecular formula is C24H32N2O4. The van der Waals surface area contributed by atoms with E-state index in [1.165, 1.54) is 0 Å². The summed E-state index contributed by atoms with van der Waals surface area (Å²) in [4.78, 5) is 27.8.